The van der Waals surface area contributed by atoms with E-state index in [0.717, 1.165) is 31.5 Å². The second kappa shape index (κ2) is 7.24. The fraction of sp³-hybridized carbons (Fsp3) is 1.00. The lowest BCUT2D eigenvalue weighted by atomic mass is 9.94. The molecule has 1 aliphatic carbocycles. The second-order valence-electron chi connectivity index (χ2n) is 4.69. The van der Waals surface area contributed by atoms with E-state index in [1.807, 2.05) is 0 Å². The highest BCUT2D eigenvalue weighted by Crippen LogP contribution is 2.29. The zero-order chi connectivity index (χ0) is 10.2. The third-order valence-corrected chi connectivity index (χ3v) is 3.19. The van der Waals surface area contributed by atoms with Gasteiger partial charge in [0.05, 0.1) is 6.61 Å². The maximum absolute atomic E-state index is 4.99. The van der Waals surface area contributed by atoms with Gasteiger partial charge in [-0.25, -0.2) is 0 Å². The van der Waals surface area contributed by atoms with Crippen LogP contribution >= 0.6 is 0 Å². The Kier molecular flexibility index (Phi) is 6.20. The molecule has 1 saturated carbocycles. The molecule has 1 atom stereocenters. The number of nitrogens with one attached hydrogen (secondary N) is 1. The summed E-state index contributed by atoms with van der Waals surface area (Å²) in [6.07, 6.45) is 7.30. The van der Waals surface area contributed by atoms with E-state index >= 15 is 0 Å². The first-order chi connectivity index (χ1) is 6.83. The van der Waals surface area contributed by atoms with Crippen molar-refractivity contribution in [3.63, 3.8) is 0 Å². The zero-order valence-corrected chi connectivity index (χ0v) is 9.72. The molecule has 2 heteroatoms. The van der Waals surface area contributed by atoms with Crippen molar-refractivity contribution >= 4 is 0 Å². The minimum atomic E-state index is 0.829. The van der Waals surface area contributed by atoms with Gasteiger partial charge in [-0.1, -0.05) is 32.6 Å². The predicted octanol–water partition coefficient (Wildman–Crippen LogP) is 2.44. The molecule has 0 aliphatic heterocycles. The van der Waals surface area contributed by atoms with Crippen LogP contribution in [-0.4, -0.2) is 26.8 Å². The van der Waals surface area contributed by atoms with Crippen LogP contribution in [-0.2, 0) is 4.74 Å². The zero-order valence-electron chi connectivity index (χ0n) is 9.72. The van der Waals surface area contributed by atoms with E-state index in [1.165, 1.54) is 32.1 Å². The molecule has 14 heavy (non-hydrogen) atoms. The molecule has 0 amide bonds. The second-order valence-corrected chi connectivity index (χ2v) is 4.69. The smallest absolute Gasteiger partial charge is 0.0587 e. The quantitative estimate of drug-likeness (QED) is 0.636. The van der Waals surface area contributed by atoms with Gasteiger partial charge in [0.25, 0.3) is 0 Å². The highest BCUT2D eigenvalue weighted by Gasteiger charge is 2.17. The normalized spacial score (nSPS) is 20.1. The SMILES string of the molecule is COCCNCC(C)CC1CCCC1. The summed E-state index contributed by atoms with van der Waals surface area (Å²) in [4.78, 5) is 0. The van der Waals surface area contributed by atoms with Crippen LogP contribution in [0.2, 0.25) is 0 Å². The van der Waals surface area contributed by atoms with E-state index < -0.39 is 0 Å². The first kappa shape index (κ1) is 12.0. The van der Waals surface area contributed by atoms with Crippen molar-refractivity contribution in [3.05, 3.63) is 0 Å². The van der Waals surface area contributed by atoms with Crippen LogP contribution in [0.15, 0.2) is 0 Å². The Labute approximate surface area is 88.4 Å². The van der Waals surface area contributed by atoms with Crippen LogP contribution in [0.5, 0.6) is 0 Å². The van der Waals surface area contributed by atoms with Gasteiger partial charge in [-0.05, 0) is 24.8 Å². The molecule has 0 heterocycles. The fourth-order valence-electron chi connectivity index (χ4n) is 2.42. The average molecular weight is 199 g/mol. The highest BCUT2D eigenvalue weighted by atomic mass is 16.5. The largest absolute Gasteiger partial charge is 0.383 e. The summed E-state index contributed by atoms with van der Waals surface area (Å²) in [6.45, 7) is 5.33. The van der Waals surface area contributed by atoms with E-state index in [1.54, 1.807) is 7.11 Å². The van der Waals surface area contributed by atoms with Crippen LogP contribution < -0.4 is 5.32 Å². The van der Waals surface area contributed by atoms with Crippen LogP contribution in [0.1, 0.15) is 39.0 Å². The van der Waals surface area contributed by atoms with Crippen molar-refractivity contribution in [3.8, 4) is 0 Å². The summed E-state index contributed by atoms with van der Waals surface area (Å²) in [5, 5.41) is 3.44. The topological polar surface area (TPSA) is 21.3 Å². The first-order valence-corrected chi connectivity index (χ1v) is 6.02. The van der Waals surface area contributed by atoms with E-state index in [0.29, 0.717) is 0 Å². The Bertz CT molecular complexity index is 132. The molecule has 0 spiro atoms. The van der Waals surface area contributed by atoms with Crippen molar-refractivity contribution < 1.29 is 4.74 Å². The number of ether oxygens (including phenoxy) is 1. The van der Waals surface area contributed by atoms with Gasteiger partial charge in [-0.15, -0.1) is 0 Å². The van der Waals surface area contributed by atoms with Crippen molar-refractivity contribution in [2.45, 2.75) is 39.0 Å². The first-order valence-electron chi connectivity index (χ1n) is 6.02. The molecule has 1 fully saturated rings. The third-order valence-electron chi connectivity index (χ3n) is 3.19. The Morgan fingerprint density at radius 2 is 2.07 bits per heavy atom. The molecule has 0 saturated heterocycles. The van der Waals surface area contributed by atoms with Gasteiger partial charge in [-0.2, -0.15) is 0 Å². The number of methoxy groups -OCH3 is 1. The molecule has 0 aromatic heterocycles. The summed E-state index contributed by atoms with van der Waals surface area (Å²) < 4.78 is 4.99. The summed E-state index contributed by atoms with van der Waals surface area (Å²) >= 11 is 0. The lowest BCUT2D eigenvalue weighted by Gasteiger charge is -2.16. The van der Waals surface area contributed by atoms with Gasteiger partial charge in [0.2, 0.25) is 0 Å². The standard InChI is InChI=1S/C12H25NO/c1-11(10-13-7-8-14-2)9-12-5-3-4-6-12/h11-13H,3-10H2,1-2H3. The molecule has 1 rings (SSSR count). The molecular formula is C12H25NO. The van der Waals surface area contributed by atoms with Crippen molar-refractivity contribution in [2.24, 2.45) is 11.8 Å². The predicted molar refractivity (Wildman–Crippen MR) is 60.5 cm³/mol. The van der Waals surface area contributed by atoms with Crippen molar-refractivity contribution in [1.82, 2.24) is 5.32 Å². The van der Waals surface area contributed by atoms with E-state index in [-0.39, 0.29) is 0 Å². The van der Waals surface area contributed by atoms with E-state index in [4.69, 9.17) is 4.74 Å². The highest BCUT2D eigenvalue weighted by molar-refractivity contribution is 4.70. The molecule has 0 radical (unpaired) electrons. The Hall–Kier alpha value is -0.0800. The number of hydrogen-bond acceptors (Lipinski definition) is 2. The lowest BCUT2D eigenvalue weighted by molar-refractivity contribution is 0.197. The van der Waals surface area contributed by atoms with Gasteiger partial charge >= 0.3 is 0 Å². The van der Waals surface area contributed by atoms with Gasteiger partial charge in [0.15, 0.2) is 0 Å². The average Bonchev–Trinajstić information content (AvgIpc) is 2.65. The molecule has 84 valence electrons. The monoisotopic (exact) mass is 199 g/mol. The Morgan fingerprint density at radius 1 is 1.36 bits per heavy atom. The van der Waals surface area contributed by atoms with Crippen molar-refractivity contribution in [1.29, 1.82) is 0 Å². The lowest BCUT2D eigenvalue weighted by Crippen LogP contribution is -2.25. The summed E-state index contributed by atoms with van der Waals surface area (Å²) in [5.41, 5.74) is 0. The van der Waals surface area contributed by atoms with Crippen LogP contribution in [0.25, 0.3) is 0 Å². The maximum atomic E-state index is 4.99. The van der Waals surface area contributed by atoms with Crippen LogP contribution in [0.3, 0.4) is 0 Å². The Balaban J connectivity index is 1.95. The van der Waals surface area contributed by atoms with Gasteiger partial charge in [0, 0.05) is 13.7 Å². The molecule has 0 bridgehead atoms. The Morgan fingerprint density at radius 3 is 2.71 bits per heavy atom. The molecule has 0 aromatic rings. The minimum absolute atomic E-state index is 0.829. The number of hydrogen-bond donors (Lipinski definition) is 1. The third kappa shape index (κ3) is 4.97. The van der Waals surface area contributed by atoms with Crippen LogP contribution in [0.4, 0.5) is 0 Å². The van der Waals surface area contributed by atoms with E-state index in [2.05, 4.69) is 12.2 Å². The molecule has 1 unspecified atom stereocenters. The summed E-state index contributed by atoms with van der Waals surface area (Å²) in [7, 11) is 1.75. The molecule has 1 aliphatic rings. The fourth-order valence-corrected chi connectivity index (χ4v) is 2.42. The minimum Gasteiger partial charge on any atom is -0.383 e. The van der Waals surface area contributed by atoms with Gasteiger partial charge in [0.1, 0.15) is 0 Å². The molecule has 2 nitrogen and oxygen atoms in total. The molecular weight excluding hydrogens is 174 g/mol. The van der Waals surface area contributed by atoms with Gasteiger partial charge in [-0.3, -0.25) is 0 Å². The van der Waals surface area contributed by atoms with Crippen molar-refractivity contribution in [2.75, 3.05) is 26.8 Å². The molecule has 0 aromatic carbocycles. The van der Waals surface area contributed by atoms with Gasteiger partial charge < -0.3 is 10.1 Å². The van der Waals surface area contributed by atoms with Crippen LogP contribution in [0, 0.1) is 11.8 Å². The maximum Gasteiger partial charge on any atom is 0.0587 e. The van der Waals surface area contributed by atoms with E-state index in [9.17, 15) is 0 Å². The number of rotatable bonds is 7. The summed E-state index contributed by atoms with van der Waals surface area (Å²) in [5.74, 6) is 1.85. The molecule has 1 N–H and O–H groups in total. The summed E-state index contributed by atoms with van der Waals surface area (Å²) in [6, 6.07) is 0.